The topological polar surface area (TPSA) is 25.4 Å². The first-order chi connectivity index (χ1) is 10.9. The Kier molecular flexibility index (Phi) is 3.49. The van der Waals surface area contributed by atoms with Gasteiger partial charge >= 0.3 is 0 Å². The highest BCUT2D eigenvalue weighted by molar-refractivity contribution is 5.96. The molecule has 3 heteroatoms. The average Bonchev–Trinajstić information content (AvgIpc) is 2.62. The average molecular weight is 290 g/mol. The molecule has 2 heterocycles. The molecule has 1 aromatic heterocycles. The number of fused-ring (bicyclic) bond motifs is 1. The highest BCUT2D eigenvalue weighted by atomic mass is 16.5. The Morgan fingerprint density at radius 1 is 0.909 bits per heavy atom. The number of benzene rings is 2. The molecule has 110 valence electrons. The van der Waals surface area contributed by atoms with Crippen LogP contribution >= 0.6 is 0 Å². The molecule has 0 saturated carbocycles. The molecule has 0 unspecified atom stereocenters. The van der Waals surface area contributed by atoms with Crippen LogP contribution in [0.15, 0.2) is 60.8 Å². The second-order valence-corrected chi connectivity index (χ2v) is 5.53. The smallest absolute Gasteiger partial charge is 0.0709 e. The van der Waals surface area contributed by atoms with Gasteiger partial charge in [0.1, 0.15) is 0 Å². The van der Waals surface area contributed by atoms with Gasteiger partial charge in [0.2, 0.25) is 0 Å². The van der Waals surface area contributed by atoms with Gasteiger partial charge in [0.25, 0.3) is 0 Å². The van der Waals surface area contributed by atoms with Crippen molar-refractivity contribution in [3.05, 3.63) is 60.8 Å². The summed E-state index contributed by atoms with van der Waals surface area (Å²) in [6.45, 7) is 3.51. The molecule has 22 heavy (non-hydrogen) atoms. The molecule has 0 N–H and O–H groups in total. The van der Waals surface area contributed by atoms with Crippen molar-refractivity contribution < 1.29 is 4.74 Å². The molecule has 3 aromatic rings. The number of nitrogens with zero attached hydrogens (tertiary/aromatic N) is 2. The van der Waals surface area contributed by atoms with Crippen LogP contribution in [-0.2, 0) is 4.74 Å². The summed E-state index contributed by atoms with van der Waals surface area (Å²) in [5.74, 6) is 0. The van der Waals surface area contributed by atoms with Gasteiger partial charge < -0.3 is 9.64 Å². The van der Waals surface area contributed by atoms with Crippen molar-refractivity contribution in [2.24, 2.45) is 0 Å². The van der Waals surface area contributed by atoms with Crippen LogP contribution in [0.25, 0.3) is 22.0 Å². The predicted molar refractivity (Wildman–Crippen MR) is 90.2 cm³/mol. The van der Waals surface area contributed by atoms with Crippen molar-refractivity contribution in [2.45, 2.75) is 0 Å². The van der Waals surface area contributed by atoms with Gasteiger partial charge in [-0.3, -0.25) is 4.98 Å². The first-order valence-electron chi connectivity index (χ1n) is 7.69. The maximum atomic E-state index is 5.45. The van der Waals surface area contributed by atoms with Crippen molar-refractivity contribution >= 4 is 16.6 Å². The van der Waals surface area contributed by atoms with Gasteiger partial charge in [0.05, 0.1) is 18.7 Å². The molecule has 1 saturated heterocycles. The molecule has 0 bridgehead atoms. The van der Waals surface area contributed by atoms with Gasteiger partial charge in [0.15, 0.2) is 0 Å². The normalized spacial score (nSPS) is 15.2. The molecular formula is C19H18N2O. The molecule has 0 radical (unpaired) electrons. The zero-order valence-electron chi connectivity index (χ0n) is 12.4. The zero-order chi connectivity index (χ0) is 14.8. The van der Waals surface area contributed by atoms with Gasteiger partial charge in [-0.2, -0.15) is 0 Å². The number of hydrogen-bond donors (Lipinski definition) is 0. The number of ether oxygens (including phenoxy) is 1. The van der Waals surface area contributed by atoms with E-state index in [-0.39, 0.29) is 0 Å². The standard InChI is InChI=1S/C19H18N2O/c1-2-4-15(5-3-1)17-8-9-20-19-7-6-16(14-18(17)19)21-10-12-22-13-11-21/h1-9,14H,10-13H2. The van der Waals surface area contributed by atoms with E-state index in [1.807, 2.05) is 12.3 Å². The Balaban J connectivity index is 1.83. The quantitative estimate of drug-likeness (QED) is 0.719. The number of morpholine rings is 1. The summed E-state index contributed by atoms with van der Waals surface area (Å²) in [7, 11) is 0. The molecule has 1 fully saturated rings. The van der Waals surface area contributed by atoms with Crippen molar-refractivity contribution in [2.75, 3.05) is 31.2 Å². The summed E-state index contributed by atoms with van der Waals surface area (Å²) >= 11 is 0. The molecule has 0 aliphatic carbocycles. The molecule has 3 nitrogen and oxygen atoms in total. The first-order valence-corrected chi connectivity index (χ1v) is 7.69. The van der Waals surface area contributed by atoms with Crippen molar-refractivity contribution in [3.8, 4) is 11.1 Å². The summed E-state index contributed by atoms with van der Waals surface area (Å²) < 4.78 is 5.45. The Labute approximate surface area is 130 Å². The van der Waals surface area contributed by atoms with Crippen molar-refractivity contribution in [3.63, 3.8) is 0 Å². The molecule has 0 atom stereocenters. The van der Waals surface area contributed by atoms with Crippen LogP contribution in [0.2, 0.25) is 0 Å². The third-order valence-corrected chi connectivity index (χ3v) is 4.19. The Hall–Kier alpha value is -2.39. The number of anilines is 1. The molecule has 2 aromatic carbocycles. The first kappa shape index (κ1) is 13.3. The maximum Gasteiger partial charge on any atom is 0.0709 e. The molecule has 0 amide bonds. The number of hydrogen-bond acceptors (Lipinski definition) is 3. The summed E-state index contributed by atoms with van der Waals surface area (Å²) in [6.07, 6.45) is 1.89. The van der Waals surface area contributed by atoms with E-state index in [2.05, 4.69) is 58.4 Å². The summed E-state index contributed by atoms with van der Waals surface area (Å²) in [5.41, 5.74) is 4.76. The van der Waals surface area contributed by atoms with E-state index >= 15 is 0 Å². The van der Waals surface area contributed by atoms with Crippen LogP contribution in [0.3, 0.4) is 0 Å². The van der Waals surface area contributed by atoms with E-state index in [9.17, 15) is 0 Å². The second-order valence-electron chi connectivity index (χ2n) is 5.53. The van der Waals surface area contributed by atoms with Crippen LogP contribution in [0, 0.1) is 0 Å². The van der Waals surface area contributed by atoms with Crippen LogP contribution in [0.5, 0.6) is 0 Å². The Morgan fingerprint density at radius 3 is 2.55 bits per heavy atom. The third kappa shape index (κ3) is 2.44. The highest BCUT2D eigenvalue weighted by Gasteiger charge is 2.13. The maximum absolute atomic E-state index is 5.45. The number of aromatic nitrogens is 1. The van der Waals surface area contributed by atoms with E-state index in [0.29, 0.717) is 0 Å². The zero-order valence-corrected chi connectivity index (χ0v) is 12.4. The van der Waals surface area contributed by atoms with Crippen molar-refractivity contribution in [1.29, 1.82) is 0 Å². The van der Waals surface area contributed by atoms with E-state index < -0.39 is 0 Å². The third-order valence-electron chi connectivity index (χ3n) is 4.19. The molecule has 1 aliphatic heterocycles. The summed E-state index contributed by atoms with van der Waals surface area (Å²) in [5, 5.41) is 1.21. The minimum Gasteiger partial charge on any atom is -0.378 e. The minimum absolute atomic E-state index is 0.802. The Morgan fingerprint density at radius 2 is 1.73 bits per heavy atom. The summed E-state index contributed by atoms with van der Waals surface area (Å²) in [6, 6.07) is 19.1. The minimum atomic E-state index is 0.802. The highest BCUT2D eigenvalue weighted by Crippen LogP contribution is 2.30. The van der Waals surface area contributed by atoms with Gasteiger partial charge in [0, 0.05) is 30.4 Å². The van der Waals surface area contributed by atoms with Gasteiger partial charge in [-0.25, -0.2) is 0 Å². The van der Waals surface area contributed by atoms with Gasteiger partial charge in [-0.05, 0) is 35.4 Å². The van der Waals surface area contributed by atoms with Crippen LogP contribution in [0.1, 0.15) is 0 Å². The van der Waals surface area contributed by atoms with Crippen LogP contribution < -0.4 is 4.90 Å². The lowest BCUT2D eigenvalue weighted by Crippen LogP contribution is -2.36. The fraction of sp³-hybridized carbons (Fsp3) is 0.211. The summed E-state index contributed by atoms with van der Waals surface area (Å²) in [4.78, 5) is 6.89. The fourth-order valence-corrected chi connectivity index (χ4v) is 3.02. The SMILES string of the molecule is c1ccc(-c2ccnc3ccc(N4CCOCC4)cc23)cc1. The fourth-order valence-electron chi connectivity index (χ4n) is 3.02. The second kappa shape index (κ2) is 5.78. The van der Waals surface area contributed by atoms with Crippen LogP contribution in [0.4, 0.5) is 5.69 Å². The molecular weight excluding hydrogens is 272 g/mol. The van der Waals surface area contributed by atoms with E-state index in [0.717, 1.165) is 31.8 Å². The van der Waals surface area contributed by atoms with E-state index in [4.69, 9.17) is 4.74 Å². The molecule has 4 rings (SSSR count). The van der Waals surface area contributed by atoms with E-state index in [1.54, 1.807) is 0 Å². The lowest BCUT2D eigenvalue weighted by atomic mass is 10.0. The lowest BCUT2D eigenvalue weighted by molar-refractivity contribution is 0.122. The predicted octanol–water partition coefficient (Wildman–Crippen LogP) is 3.74. The van der Waals surface area contributed by atoms with Crippen molar-refractivity contribution in [1.82, 2.24) is 4.98 Å². The van der Waals surface area contributed by atoms with Gasteiger partial charge in [-0.15, -0.1) is 0 Å². The largest absolute Gasteiger partial charge is 0.378 e. The monoisotopic (exact) mass is 290 g/mol. The number of pyridine rings is 1. The Bertz CT molecular complexity index is 780. The van der Waals surface area contributed by atoms with Gasteiger partial charge in [-0.1, -0.05) is 30.3 Å². The molecule has 1 aliphatic rings. The van der Waals surface area contributed by atoms with Crippen LogP contribution in [-0.4, -0.2) is 31.3 Å². The van der Waals surface area contributed by atoms with E-state index in [1.165, 1.54) is 22.2 Å². The number of rotatable bonds is 2. The lowest BCUT2D eigenvalue weighted by Gasteiger charge is -2.29. The molecule has 0 spiro atoms.